The molecule has 2 rings (SSSR count). The van der Waals surface area contributed by atoms with Gasteiger partial charge < -0.3 is 9.47 Å². The van der Waals surface area contributed by atoms with Crippen LogP contribution in [0.2, 0.25) is 5.15 Å². The number of hydrogen-bond donors (Lipinski definition) is 1. The zero-order valence-corrected chi connectivity index (χ0v) is 12.5. The Bertz CT molecular complexity index is 523. The summed E-state index contributed by atoms with van der Waals surface area (Å²) in [6, 6.07) is 0. The molecule has 108 valence electrons. The molecule has 0 atom stereocenters. The van der Waals surface area contributed by atoms with Crippen LogP contribution in [0.25, 0.3) is 0 Å². The lowest BCUT2D eigenvalue weighted by molar-refractivity contribution is 0.232. The molecule has 19 heavy (non-hydrogen) atoms. The summed E-state index contributed by atoms with van der Waals surface area (Å²) in [6.07, 6.45) is 5.05. The van der Waals surface area contributed by atoms with Crippen LogP contribution in [-0.2, 0) is 17.1 Å². The molecule has 0 unspecified atom stereocenters. The zero-order valence-electron chi connectivity index (χ0n) is 11.0. The molecule has 1 N–H and O–H groups in total. The number of piperidine rings is 1. The van der Waals surface area contributed by atoms with Crippen LogP contribution >= 0.6 is 11.6 Å². The molecule has 1 aromatic heterocycles. The molecule has 6 nitrogen and oxygen atoms in total. The van der Waals surface area contributed by atoms with E-state index in [9.17, 15) is 8.42 Å². The maximum Gasteiger partial charge on any atom is 0.261 e. The van der Waals surface area contributed by atoms with Crippen LogP contribution in [0.4, 0.5) is 0 Å². The molecular formula is C11H19ClN4O2S. The molecule has 0 spiro atoms. The number of likely N-dealkylation sites (tertiary alicyclic amines) is 1. The van der Waals surface area contributed by atoms with E-state index in [1.165, 1.54) is 30.2 Å². The predicted octanol–water partition coefficient (Wildman–Crippen LogP) is 0.838. The highest BCUT2D eigenvalue weighted by Gasteiger charge is 2.22. The predicted molar refractivity (Wildman–Crippen MR) is 73.7 cm³/mol. The van der Waals surface area contributed by atoms with Gasteiger partial charge in [0.25, 0.3) is 10.0 Å². The summed E-state index contributed by atoms with van der Waals surface area (Å²) in [4.78, 5) is 6.09. The highest BCUT2D eigenvalue weighted by atomic mass is 35.5. The molecule has 1 fully saturated rings. The second-order valence-corrected chi connectivity index (χ2v) is 6.79. The Morgan fingerprint density at radius 3 is 2.63 bits per heavy atom. The molecule has 0 amide bonds. The summed E-state index contributed by atoms with van der Waals surface area (Å²) >= 11 is 5.89. The first-order chi connectivity index (χ1) is 9.00. The van der Waals surface area contributed by atoms with E-state index in [-0.39, 0.29) is 10.2 Å². The van der Waals surface area contributed by atoms with E-state index in [1.54, 1.807) is 7.05 Å². The Hall–Kier alpha value is -0.630. The number of imidazole rings is 1. The van der Waals surface area contributed by atoms with E-state index in [1.807, 2.05) is 0 Å². The van der Waals surface area contributed by atoms with Crippen molar-refractivity contribution in [3.63, 3.8) is 0 Å². The number of nitrogens with zero attached hydrogens (tertiary/aromatic N) is 3. The molecule has 0 saturated carbocycles. The van der Waals surface area contributed by atoms with Crippen molar-refractivity contribution in [2.45, 2.75) is 24.3 Å². The third-order valence-electron chi connectivity index (χ3n) is 3.26. The maximum atomic E-state index is 12.0. The van der Waals surface area contributed by atoms with Gasteiger partial charge in [0.1, 0.15) is 5.15 Å². The van der Waals surface area contributed by atoms with Crippen molar-refractivity contribution < 1.29 is 8.42 Å². The van der Waals surface area contributed by atoms with Gasteiger partial charge in [0.05, 0.1) is 6.33 Å². The van der Waals surface area contributed by atoms with Crippen LogP contribution in [0.5, 0.6) is 0 Å². The molecule has 0 aliphatic carbocycles. The summed E-state index contributed by atoms with van der Waals surface area (Å²) < 4.78 is 28.1. The standard InChI is InChI=1S/C11H19ClN4O2S/c1-15-9-13-11(10(15)12)19(17,18)14-5-8-16-6-3-2-4-7-16/h9,14H,2-8H2,1H3. The Kier molecular flexibility index (Phi) is 4.83. The van der Waals surface area contributed by atoms with Crippen molar-refractivity contribution in [2.24, 2.45) is 7.05 Å². The number of nitrogens with one attached hydrogen (secondary N) is 1. The van der Waals surface area contributed by atoms with Crippen LogP contribution in [-0.4, -0.2) is 49.0 Å². The normalized spacial score (nSPS) is 17.8. The first-order valence-corrected chi connectivity index (χ1v) is 8.25. The van der Waals surface area contributed by atoms with Crippen molar-refractivity contribution >= 4 is 21.6 Å². The lowest BCUT2D eigenvalue weighted by atomic mass is 10.1. The van der Waals surface area contributed by atoms with Gasteiger partial charge in [-0.2, -0.15) is 0 Å². The van der Waals surface area contributed by atoms with Crippen LogP contribution in [0.1, 0.15) is 19.3 Å². The van der Waals surface area contributed by atoms with Gasteiger partial charge in [-0.05, 0) is 25.9 Å². The molecule has 0 radical (unpaired) electrons. The fraction of sp³-hybridized carbons (Fsp3) is 0.727. The van der Waals surface area contributed by atoms with E-state index in [4.69, 9.17) is 11.6 Å². The van der Waals surface area contributed by atoms with Crippen molar-refractivity contribution in [1.82, 2.24) is 19.2 Å². The van der Waals surface area contributed by atoms with Crippen LogP contribution in [0.3, 0.4) is 0 Å². The summed E-state index contributed by atoms with van der Waals surface area (Å²) in [5.41, 5.74) is 0. The molecule has 1 aliphatic rings. The SMILES string of the molecule is Cn1cnc(S(=O)(=O)NCCN2CCCCC2)c1Cl. The third-order valence-corrected chi connectivity index (χ3v) is 5.21. The van der Waals surface area contributed by atoms with Crippen LogP contribution < -0.4 is 4.72 Å². The minimum absolute atomic E-state index is 0.102. The second kappa shape index (κ2) is 6.21. The summed E-state index contributed by atoms with van der Waals surface area (Å²) in [7, 11) is -1.96. The third kappa shape index (κ3) is 3.68. The van der Waals surface area contributed by atoms with E-state index in [0.29, 0.717) is 6.54 Å². The summed E-state index contributed by atoms with van der Waals surface area (Å²) in [5, 5.41) is 0.0285. The molecule has 1 saturated heterocycles. The van der Waals surface area contributed by atoms with Gasteiger partial charge >= 0.3 is 0 Å². The Morgan fingerprint density at radius 2 is 2.05 bits per heavy atom. The molecular weight excluding hydrogens is 288 g/mol. The maximum absolute atomic E-state index is 12.0. The fourth-order valence-electron chi connectivity index (χ4n) is 2.16. The van der Waals surface area contributed by atoms with E-state index in [0.717, 1.165) is 19.6 Å². The minimum Gasteiger partial charge on any atom is -0.324 e. The largest absolute Gasteiger partial charge is 0.324 e. The number of rotatable bonds is 5. The van der Waals surface area contributed by atoms with Gasteiger partial charge in [-0.15, -0.1) is 0 Å². The average Bonchev–Trinajstić information content (AvgIpc) is 2.72. The Labute approximate surface area is 118 Å². The molecule has 1 aliphatic heterocycles. The molecule has 0 bridgehead atoms. The highest BCUT2D eigenvalue weighted by molar-refractivity contribution is 7.89. The van der Waals surface area contributed by atoms with E-state index in [2.05, 4.69) is 14.6 Å². The average molecular weight is 307 g/mol. The molecule has 8 heteroatoms. The number of halogens is 1. The molecule has 1 aromatic rings. The smallest absolute Gasteiger partial charge is 0.261 e. The second-order valence-electron chi connectivity index (χ2n) is 4.75. The number of aryl methyl sites for hydroxylation is 1. The van der Waals surface area contributed by atoms with E-state index < -0.39 is 10.0 Å². The Balaban J connectivity index is 1.89. The number of sulfonamides is 1. The summed E-state index contributed by atoms with van der Waals surface area (Å²) in [6.45, 7) is 3.21. The van der Waals surface area contributed by atoms with Gasteiger partial charge in [-0.1, -0.05) is 18.0 Å². The zero-order chi connectivity index (χ0) is 13.9. The fourth-order valence-corrected chi connectivity index (χ4v) is 3.61. The van der Waals surface area contributed by atoms with Crippen molar-refractivity contribution in [3.05, 3.63) is 11.5 Å². The van der Waals surface area contributed by atoms with Gasteiger partial charge in [-0.3, -0.25) is 0 Å². The number of hydrogen-bond acceptors (Lipinski definition) is 4. The lowest BCUT2D eigenvalue weighted by Gasteiger charge is -2.26. The topological polar surface area (TPSA) is 67.2 Å². The lowest BCUT2D eigenvalue weighted by Crippen LogP contribution is -2.37. The summed E-state index contributed by atoms with van der Waals surface area (Å²) in [5.74, 6) is 0. The van der Waals surface area contributed by atoms with Gasteiger partial charge in [-0.25, -0.2) is 18.1 Å². The van der Waals surface area contributed by atoms with Crippen LogP contribution in [0, 0.1) is 0 Å². The number of aromatic nitrogens is 2. The van der Waals surface area contributed by atoms with Crippen molar-refractivity contribution in [2.75, 3.05) is 26.2 Å². The van der Waals surface area contributed by atoms with Gasteiger partial charge in [0.15, 0.2) is 0 Å². The van der Waals surface area contributed by atoms with Gasteiger partial charge in [0, 0.05) is 20.1 Å². The quantitative estimate of drug-likeness (QED) is 0.875. The van der Waals surface area contributed by atoms with Crippen molar-refractivity contribution in [1.29, 1.82) is 0 Å². The molecule has 0 aromatic carbocycles. The monoisotopic (exact) mass is 306 g/mol. The van der Waals surface area contributed by atoms with Gasteiger partial charge in [0.2, 0.25) is 5.03 Å². The van der Waals surface area contributed by atoms with Crippen molar-refractivity contribution in [3.8, 4) is 0 Å². The van der Waals surface area contributed by atoms with Crippen LogP contribution in [0.15, 0.2) is 11.4 Å². The van der Waals surface area contributed by atoms with E-state index >= 15 is 0 Å². The first kappa shape index (κ1) is 14.8. The minimum atomic E-state index is -3.61. The Morgan fingerprint density at radius 1 is 1.37 bits per heavy atom. The first-order valence-electron chi connectivity index (χ1n) is 6.39. The molecule has 2 heterocycles. The highest BCUT2D eigenvalue weighted by Crippen LogP contribution is 2.18.